The maximum Gasteiger partial charge on any atom is 0.227 e. The van der Waals surface area contributed by atoms with Gasteiger partial charge in [-0.2, -0.15) is 0 Å². The first-order valence-electron chi connectivity index (χ1n) is 7.11. The van der Waals surface area contributed by atoms with Crippen LogP contribution in [0.25, 0.3) is 22.6 Å². The Kier molecular flexibility index (Phi) is 3.57. The smallest absolute Gasteiger partial charge is 0.227 e. The highest BCUT2D eigenvalue weighted by molar-refractivity contribution is 5.84. The molecule has 3 heteroatoms. The van der Waals surface area contributed by atoms with E-state index in [0.29, 0.717) is 12.3 Å². The van der Waals surface area contributed by atoms with Gasteiger partial charge in [-0.15, -0.1) is 0 Å². The van der Waals surface area contributed by atoms with Gasteiger partial charge < -0.3 is 4.42 Å². The van der Waals surface area contributed by atoms with Crippen LogP contribution in [0.3, 0.4) is 0 Å². The van der Waals surface area contributed by atoms with Gasteiger partial charge in [-0.1, -0.05) is 38.1 Å². The van der Waals surface area contributed by atoms with E-state index in [1.807, 2.05) is 62.4 Å². The third kappa shape index (κ3) is 2.87. The molecule has 0 saturated carbocycles. The molecule has 0 radical (unpaired) electrons. The largest absolute Gasteiger partial charge is 0.436 e. The monoisotopic (exact) mass is 279 g/mol. The van der Waals surface area contributed by atoms with Crippen LogP contribution in [0.2, 0.25) is 0 Å². The highest BCUT2D eigenvalue weighted by Gasteiger charge is 2.11. The van der Waals surface area contributed by atoms with Crippen LogP contribution in [0.5, 0.6) is 0 Å². The zero-order valence-corrected chi connectivity index (χ0v) is 12.2. The molecule has 3 aromatic rings. The van der Waals surface area contributed by atoms with Crippen molar-refractivity contribution in [1.29, 1.82) is 0 Å². The third-order valence-corrected chi connectivity index (χ3v) is 3.50. The van der Waals surface area contributed by atoms with Gasteiger partial charge in [0.05, 0.1) is 0 Å². The Morgan fingerprint density at radius 2 is 1.90 bits per heavy atom. The number of oxazole rings is 1. The Balaban J connectivity index is 1.94. The zero-order chi connectivity index (χ0) is 14.8. The van der Waals surface area contributed by atoms with E-state index in [1.54, 1.807) is 0 Å². The molecular formula is C18H17NO2. The summed E-state index contributed by atoms with van der Waals surface area (Å²) >= 11 is 0. The summed E-state index contributed by atoms with van der Waals surface area (Å²) in [6, 6.07) is 15.6. The van der Waals surface area contributed by atoms with E-state index in [-0.39, 0.29) is 11.7 Å². The molecule has 0 spiro atoms. The van der Waals surface area contributed by atoms with Gasteiger partial charge in [-0.05, 0) is 29.8 Å². The average Bonchev–Trinajstić information content (AvgIpc) is 2.91. The minimum atomic E-state index is 0.0512. The zero-order valence-electron chi connectivity index (χ0n) is 12.2. The van der Waals surface area contributed by atoms with Crippen LogP contribution in [-0.2, 0) is 11.2 Å². The summed E-state index contributed by atoms with van der Waals surface area (Å²) in [6.45, 7) is 3.84. The summed E-state index contributed by atoms with van der Waals surface area (Å²) in [4.78, 5) is 16.3. The van der Waals surface area contributed by atoms with E-state index in [4.69, 9.17) is 4.42 Å². The molecule has 3 nitrogen and oxygen atoms in total. The minimum Gasteiger partial charge on any atom is -0.436 e. The number of rotatable bonds is 4. The van der Waals surface area contributed by atoms with Gasteiger partial charge in [0, 0.05) is 17.9 Å². The van der Waals surface area contributed by atoms with Gasteiger partial charge in [0.1, 0.15) is 11.3 Å². The lowest BCUT2D eigenvalue weighted by molar-refractivity contribution is -0.121. The molecule has 0 saturated heterocycles. The summed E-state index contributed by atoms with van der Waals surface area (Å²) in [6.07, 6.45) is 0.439. The van der Waals surface area contributed by atoms with Crippen molar-refractivity contribution < 1.29 is 9.21 Å². The summed E-state index contributed by atoms with van der Waals surface area (Å²) < 4.78 is 5.81. The molecule has 0 N–H and O–H groups in total. The van der Waals surface area contributed by atoms with E-state index >= 15 is 0 Å². The van der Waals surface area contributed by atoms with Gasteiger partial charge >= 0.3 is 0 Å². The molecule has 0 aliphatic heterocycles. The topological polar surface area (TPSA) is 43.1 Å². The maximum absolute atomic E-state index is 11.8. The molecule has 3 rings (SSSR count). The van der Waals surface area contributed by atoms with Crippen LogP contribution in [0.15, 0.2) is 52.9 Å². The highest BCUT2D eigenvalue weighted by Crippen LogP contribution is 2.25. The molecule has 106 valence electrons. The fourth-order valence-corrected chi connectivity index (χ4v) is 2.19. The average molecular weight is 279 g/mol. The van der Waals surface area contributed by atoms with E-state index in [0.717, 1.165) is 22.2 Å². The number of aromatic nitrogens is 1. The van der Waals surface area contributed by atoms with E-state index in [1.165, 1.54) is 0 Å². The van der Waals surface area contributed by atoms with Crippen molar-refractivity contribution in [3.05, 3.63) is 54.1 Å². The molecule has 0 amide bonds. The van der Waals surface area contributed by atoms with Crippen LogP contribution in [-0.4, -0.2) is 10.8 Å². The third-order valence-electron chi connectivity index (χ3n) is 3.50. The van der Waals surface area contributed by atoms with Gasteiger partial charge in [-0.25, -0.2) is 4.98 Å². The van der Waals surface area contributed by atoms with Crippen molar-refractivity contribution in [1.82, 2.24) is 4.98 Å². The molecule has 0 atom stereocenters. The molecule has 21 heavy (non-hydrogen) atoms. The van der Waals surface area contributed by atoms with E-state index in [9.17, 15) is 4.79 Å². The number of hydrogen-bond donors (Lipinski definition) is 0. The Hall–Kier alpha value is -2.42. The standard InChI is InChI=1S/C18H17NO2/c1-12(2)16(20)10-13-8-9-15-17(11-13)21-18(19-15)14-6-4-3-5-7-14/h3-9,11-12H,10H2,1-2H3. The Morgan fingerprint density at radius 1 is 1.14 bits per heavy atom. The highest BCUT2D eigenvalue weighted by atomic mass is 16.3. The van der Waals surface area contributed by atoms with Crippen molar-refractivity contribution >= 4 is 16.9 Å². The quantitative estimate of drug-likeness (QED) is 0.716. The number of fused-ring (bicyclic) bond motifs is 1. The van der Waals surface area contributed by atoms with Crippen molar-refractivity contribution in [3.63, 3.8) is 0 Å². The maximum atomic E-state index is 11.8. The molecule has 0 unspecified atom stereocenters. The molecule has 0 aliphatic rings. The molecule has 1 aromatic heterocycles. The van der Waals surface area contributed by atoms with Crippen molar-refractivity contribution in [3.8, 4) is 11.5 Å². The van der Waals surface area contributed by atoms with E-state index in [2.05, 4.69) is 4.98 Å². The summed E-state index contributed by atoms with van der Waals surface area (Å²) in [5, 5.41) is 0. The molecule has 0 fully saturated rings. The number of nitrogens with zero attached hydrogens (tertiary/aromatic N) is 1. The van der Waals surface area contributed by atoms with Crippen LogP contribution in [0.1, 0.15) is 19.4 Å². The normalized spacial score (nSPS) is 11.2. The van der Waals surface area contributed by atoms with Gasteiger partial charge in [0.25, 0.3) is 0 Å². The molecule has 1 heterocycles. The first-order chi connectivity index (χ1) is 10.1. The molecule has 0 aliphatic carbocycles. The second kappa shape index (κ2) is 5.52. The molecule has 0 bridgehead atoms. The number of carbonyl (C=O) groups is 1. The lowest BCUT2D eigenvalue weighted by Crippen LogP contribution is -2.09. The summed E-state index contributed by atoms with van der Waals surface area (Å²) in [7, 11) is 0. The van der Waals surface area contributed by atoms with Crippen LogP contribution in [0.4, 0.5) is 0 Å². The van der Waals surface area contributed by atoms with Crippen molar-refractivity contribution in [2.24, 2.45) is 5.92 Å². The number of benzene rings is 2. The first kappa shape index (κ1) is 13.6. The van der Waals surface area contributed by atoms with Crippen LogP contribution < -0.4 is 0 Å². The second-order valence-electron chi connectivity index (χ2n) is 5.48. The van der Waals surface area contributed by atoms with E-state index < -0.39 is 0 Å². The molecule has 2 aromatic carbocycles. The summed E-state index contributed by atoms with van der Waals surface area (Å²) in [5.74, 6) is 0.894. The number of Topliss-reactive ketones (excluding diaryl/α,β-unsaturated/α-hetero) is 1. The predicted octanol–water partition coefficient (Wildman–Crippen LogP) is 4.26. The summed E-state index contributed by atoms with van der Waals surface area (Å²) in [5.41, 5.74) is 3.46. The Labute approximate surface area is 123 Å². The van der Waals surface area contributed by atoms with Gasteiger partial charge in [0.15, 0.2) is 5.58 Å². The lowest BCUT2D eigenvalue weighted by atomic mass is 10.0. The number of hydrogen-bond acceptors (Lipinski definition) is 3. The Bertz CT molecular complexity index is 772. The Morgan fingerprint density at radius 3 is 2.62 bits per heavy atom. The second-order valence-corrected chi connectivity index (χ2v) is 5.48. The van der Waals surface area contributed by atoms with Crippen LogP contribution in [0, 0.1) is 5.92 Å². The van der Waals surface area contributed by atoms with Gasteiger partial charge in [0.2, 0.25) is 5.89 Å². The SMILES string of the molecule is CC(C)C(=O)Cc1ccc2nc(-c3ccccc3)oc2c1. The fourth-order valence-electron chi connectivity index (χ4n) is 2.19. The predicted molar refractivity (Wildman–Crippen MR) is 83.0 cm³/mol. The fraction of sp³-hybridized carbons (Fsp3) is 0.222. The van der Waals surface area contributed by atoms with Gasteiger partial charge in [-0.3, -0.25) is 4.79 Å². The molecular weight excluding hydrogens is 262 g/mol. The number of ketones is 1. The van der Waals surface area contributed by atoms with Crippen molar-refractivity contribution in [2.75, 3.05) is 0 Å². The van der Waals surface area contributed by atoms with Crippen LogP contribution >= 0.6 is 0 Å². The lowest BCUT2D eigenvalue weighted by Gasteiger charge is -2.03. The first-order valence-corrected chi connectivity index (χ1v) is 7.11. The number of carbonyl (C=O) groups excluding carboxylic acids is 1. The van der Waals surface area contributed by atoms with Crippen molar-refractivity contribution in [2.45, 2.75) is 20.3 Å². The minimum absolute atomic E-state index is 0.0512.